The zero-order valence-corrected chi connectivity index (χ0v) is 9.53. The van der Waals surface area contributed by atoms with E-state index in [1.165, 1.54) is 6.92 Å². The molecule has 1 unspecified atom stereocenters. The minimum absolute atomic E-state index is 0.236. The maximum absolute atomic E-state index is 10.9. The van der Waals surface area contributed by atoms with Gasteiger partial charge in [0.2, 0.25) is 0 Å². The Morgan fingerprint density at radius 1 is 1.47 bits per heavy atom. The molecule has 1 atom stereocenters. The van der Waals surface area contributed by atoms with Gasteiger partial charge >= 0.3 is 5.97 Å². The molecule has 0 aliphatic rings. The Bertz CT molecular complexity index is 288. The van der Waals surface area contributed by atoms with E-state index in [0.29, 0.717) is 5.92 Å². The molecule has 0 saturated carbocycles. The van der Waals surface area contributed by atoms with Gasteiger partial charge in [-0.05, 0) is 30.9 Å². The predicted molar refractivity (Wildman–Crippen MR) is 57.3 cm³/mol. The lowest BCUT2D eigenvalue weighted by molar-refractivity contribution is -0.148. The van der Waals surface area contributed by atoms with E-state index in [2.05, 4.69) is 13.8 Å². The standard InChI is InChI=1S/C12H18O3/c1-9(2)6-7-12(15-10(3)13)11-5-4-8-14-11/h4-5,8-9,12H,6-7H2,1-3H3. The van der Waals surface area contributed by atoms with Gasteiger partial charge in [-0.2, -0.15) is 0 Å². The van der Waals surface area contributed by atoms with Crippen LogP contribution in [-0.2, 0) is 9.53 Å². The van der Waals surface area contributed by atoms with Gasteiger partial charge in [0.1, 0.15) is 5.76 Å². The summed E-state index contributed by atoms with van der Waals surface area (Å²) in [6.45, 7) is 5.71. The van der Waals surface area contributed by atoms with E-state index in [9.17, 15) is 4.79 Å². The molecule has 1 aromatic heterocycles. The smallest absolute Gasteiger partial charge is 0.303 e. The van der Waals surface area contributed by atoms with Crippen LogP contribution >= 0.6 is 0 Å². The number of hydrogen-bond donors (Lipinski definition) is 0. The zero-order valence-electron chi connectivity index (χ0n) is 9.53. The van der Waals surface area contributed by atoms with Crippen LogP contribution in [-0.4, -0.2) is 5.97 Å². The fourth-order valence-electron chi connectivity index (χ4n) is 1.42. The van der Waals surface area contributed by atoms with Crippen molar-refractivity contribution >= 4 is 5.97 Å². The molecule has 15 heavy (non-hydrogen) atoms. The Hall–Kier alpha value is -1.25. The van der Waals surface area contributed by atoms with E-state index >= 15 is 0 Å². The molecule has 0 aromatic carbocycles. The highest BCUT2D eigenvalue weighted by atomic mass is 16.5. The lowest BCUT2D eigenvalue weighted by Crippen LogP contribution is -2.08. The van der Waals surface area contributed by atoms with Crippen LogP contribution in [0.3, 0.4) is 0 Å². The summed E-state index contributed by atoms with van der Waals surface area (Å²) in [5, 5.41) is 0. The van der Waals surface area contributed by atoms with Gasteiger partial charge in [0.25, 0.3) is 0 Å². The molecule has 1 heterocycles. The second-order valence-corrected chi connectivity index (χ2v) is 4.08. The van der Waals surface area contributed by atoms with Gasteiger partial charge in [0.15, 0.2) is 6.10 Å². The van der Waals surface area contributed by atoms with Gasteiger partial charge in [0.05, 0.1) is 6.26 Å². The number of carbonyl (C=O) groups excluding carboxylic acids is 1. The zero-order chi connectivity index (χ0) is 11.3. The van der Waals surface area contributed by atoms with Crippen LogP contribution in [0.1, 0.15) is 45.5 Å². The van der Waals surface area contributed by atoms with Crippen molar-refractivity contribution in [3.8, 4) is 0 Å². The van der Waals surface area contributed by atoms with Crippen molar-refractivity contribution in [2.45, 2.75) is 39.7 Å². The monoisotopic (exact) mass is 210 g/mol. The normalized spacial score (nSPS) is 12.8. The molecule has 1 rings (SSSR count). The fourth-order valence-corrected chi connectivity index (χ4v) is 1.42. The summed E-state index contributed by atoms with van der Waals surface area (Å²) in [5.74, 6) is 1.06. The van der Waals surface area contributed by atoms with Crippen LogP contribution in [0.4, 0.5) is 0 Å². The Kier molecular flexibility index (Phi) is 4.40. The van der Waals surface area contributed by atoms with Crippen molar-refractivity contribution in [1.29, 1.82) is 0 Å². The van der Waals surface area contributed by atoms with E-state index in [1.54, 1.807) is 12.3 Å². The molecule has 0 bridgehead atoms. The first-order valence-corrected chi connectivity index (χ1v) is 5.30. The van der Waals surface area contributed by atoms with E-state index in [0.717, 1.165) is 18.6 Å². The first kappa shape index (κ1) is 11.8. The summed E-state index contributed by atoms with van der Waals surface area (Å²) >= 11 is 0. The lowest BCUT2D eigenvalue weighted by atomic mass is 10.0. The number of esters is 1. The lowest BCUT2D eigenvalue weighted by Gasteiger charge is -2.15. The van der Waals surface area contributed by atoms with Gasteiger partial charge in [0, 0.05) is 6.92 Å². The summed E-state index contributed by atoms with van der Waals surface area (Å²) in [5.41, 5.74) is 0. The molecule has 0 N–H and O–H groups in total. The van der Waals surface area contributed by atoms with Crippen molar-refractivity contribution in [2.24, 2.45) is 5.92 Å². The number of carbonyl (C=O) groups is 1. The summed E-state index contributed by atoms with van der Waals surface area (Å²) < 4.78 is 10.5. The molecule has 84 valence electrons. The molecule has 0 saturated heterocycles. The second-order valence-electron chi connectivity index (χ2n) is 4.08. The van der Waals surface area contributed by atoms with Crippen molar-refractivity contribution in [1.82, 2.24) is 0 Å². The van der Waals surface area contributed by atoms with Gasteiger partial charge in [-0.25, -0.2) is 0 Å². The summed E-state index contributed by atoms with van der Waals surface area (Å²) in [6, 6.07) is 3.65. The van der Waals surface area contributed by atoms with Gasteiger partial charge in [-0.1, -0.05) is 13.8 Å². The van der Waals surface area contributed by atoms with Crippen LogP contribution in [0.25, 0.3) is 0 Å². The number of rotatable bonds is 5. The first-order chi connectivity index (χ1) is 7.09. The largest absolute Gasteiger partial charge is 0.465 e. The second kappa shape index (κ2) is 5.59. The maximum Gasteiger partial charge on any atom is 0.303 e. The molecule has 0 spiro atoms. The Morgan fingerprint density at radius 3 is 2.67 bits per heavy atom. The minimum atomic E-state index is -0.264. The third-order valence-electron chi connectivity index (χ3n) is 2.17. The molecular formula is C12H18O3. The maximum atomic E-state index is 10.9. The molecule has 3 nitrogen and oxygen atoms in total. The van der Waals surface area contributed by atoms with Crippen LogP contribution < -0.4 is 0 Å². The summed E-state index contributed by atoms with van der Waals surface area (Å²) in [7, 11) is 0. The number of furan rings is 1. The Balaban J connectivity index is 2.57. The molecule has 0 fully saturated rings. The summed E-state index contributed by atoms with van der Waals surface area (Å²) in [6.07, 6.45) is 3.19. The first-order valence-electron chi connectivity index (χ1n) is 5.30. The molecule has 1 aromatic rings. The highest BCUT2D eigenvalue weighted by molar-refractivity contribution is 5.66. The van der Waals surface area contributed by atoms with E-state index in [-0.39, 0.29) is 12.1 Å². The molecular weight excluding hydrogens is 192 g/mol. The quantitative estimate of drug-likeness (QED) is 0.700. The highest BCUT2D eigenvalue weighted by Gasteiger charge is 2.17. The van der Waals surface area contributed by atoms with Crippen LogP contribution in [0.5, 0.6) is 0 Å². The predicted octanol–water partition coefficient (Wildman–Crippen LogP) is 3.32. The van der Waals surface area contributed by atoms with E-state index in [1.807, 2.05) is 6.07 Å². The van der Waals surface area contributed by atoms with Crippen LogP contribution in [0.2, 0.25) is 0 Å². The van der Waals surface area contributed by atoms with Crippen molar-refractivity contribution < 1.29 is 13.9 Å². The van der Waals surface area contributed by atoms with Crippen LogP contribution in [0.15, 0.2) is 22.8 Å². The number of hydrogen-bond acceptors (Lipinski definition) is 3. The van der Waals surface area contributed by atoms with Gasteiger partial charge < -0.3 is 9.15 Å². The van der Waals surface area contributed by atoms with E-state index < -0.39 is 0 Å². The molecule has 0 aliphatic carbocycles. The molecule has 0 amide bonds. The molecule has 0 aliphatic heterocycles. The minimum Gasteiger partial charge on any atom is -0.465 e. The Labute approximate surface area is 90.4 Å². The van der Waals surface area contributed by atoms with Gasteiger partial charge in [-0.3, -0.25) is 4.79 Å². The highest BCUT2D eigenvalue weighted by Crippen LogP contribution is 2.25. The SMILES string of the molecule is CC(=O)OC(CCC(C)C)c1ccco1. The van der Waals surface area contributed by atoms with Crippen LogP contribution in [0, 0.1) is 5.92 Å². The van der Waals surface area contributed by atoms with Gasteiger partial charge in [-0.15, -0.1) is 0 Å². The third-order valence-corrected chi connectivity index (χ3v) is 2.17. The van der Waals surface area contributed by atoms with Crippen molar-refractivity contribution in [2.75, 3.05) is 0 Å². The number of ether oxygens (including phenoxy) is 1. The average Bonchev–Trinajstić information content (AvgIpc) is 2.63. The van der Waals surface area contributed by atoms with E-state index in [4.69, 9.17) is 9.15 Å². The third kappa shape index (κ3) is 4.19. The fraction of sp³-hybridized carbons (Fsp3) is 0.583. The van der Waals surface area contributed by atoms with Crippen molar-refractivity contribution in [3.63, 3.8) is 0 Å². The average molecular weight is 210 g/mol. The van der Waals surface area contributed by atoms with Crippen molar-refractivity contribution in [3.05, 3.63) is 24.2 Å². The molecule has 3 heteroatoms. The Morgan fingerprint density at radius 2 is 2.20 bits per heavy atom. The summed E-state index contributed by atoms with van der Waals surface area (Å²) in [4.78, 5) is 10.9. The molecule has 0 radical (unpaired) electrons. The topological polar surface area (TPSA) is 39.4 Å².